The van der Waals surface area contributed by atoms with Crippen LogP contribution in [0.3, 0.4) is 0 Å². The predicted octanol–water partition coefficient (Wildman–Crippen LogP) is 1.31. The van der Waals surface area contributed by atoms with Crippen molar-refractivity contribution in [3.05, 3.63) is 29.8 Å². The number of carbonyl (C=O) groups is 1. The van der Waals surface area contributed by atoms with E-state index in [1.54, 1.807) is 18.2 Å². The first kappa shape index (κ1) is 11.0. The first-order chi connectivity index (χ1) is 7.66. The first-order valence-corrected chi connectivity index (χ1v) is 5.50. The van der Waals surface area contributed by atoms with Gasteiger partial charge in [-0.15, -0.1) is 0 Å². The minimum absolute atomic E-state index is 0.291. The Labute approximate surface area is 94.7 Å². The molecule has 1 aliphatic rings. The summed E-state index contributed by atoms with van der Waals surface area (Å²) in [6, 6.07) is 7.36. The van der Waals surface area contributed by atoms with Crippen LogP contribution in [0.25, 0.3) is 0 Å². The molecule has 1 aliphatic heterocycles. The molecule has 4 nitrogen and oxygen atoms in total. The molecule has 4 heteroatoms. The lowest BCUT2D eigenvalue weighted by atomic mass is 10.0. The molecule has 0 unspecified atom stereocenters. The van der Waals surface area contributed by atoms with Crippen LogP contribution in [0, 0.1) is 0 Å². The third-order valence-electron chi connectivity index (χ3n) is 3.00. The van der Waals surface area contributed by atoms with Crippen molar-refractivity contribution in [2.45, 2.75) is 18.9 Å². The normalized spacial score (nSPS) is 17.4. The third-order valence-corrected chi connectivity index (χ3v) is 3.00. The molecule has 86 valence electrons. The summed E-state index contributed by atoms with van der Waals surface area (Å²) in [6.07, 6.45) is 1.94. The number of hydrogen-bond donors (Lipinski definition) is 2. The Balaban J connectivity index is 2.14. The molecule has 2 rings (SSSR count). The number of benzene rings is 1. The van der Waals surface area contributed by atoms with Crippen molar-refractivity contribution in [1.82, 2.24) is 0 Å². The highest BCUT2D eigenvalue weighted by molar-refractivity contribution is 5.88. The SMILES string of the molecule is NC1CCN(c2cccc(C(=O)O)c2)CC1. The van der Waals surface area contributed by atoms with Crippen LogP contribution in [0.4, 0.5) is 5.69 Å². The topological polar surface area (TPSA) is 66.6 Å². The van der Waals surface area contributed by atoms with Crippen LogP contribution < -0.4 is 10.6 Å². The number of nitrogens with two attached hydrogens (primary N) is 1. The molecular weight excluding hydrogens is 204 g/mol. The standard InChI is InChI=1S/C12H16N2O2/c13-10-4-6-14(7-5-10)11-3-1-2-9(8-11)12(15)16/h1-3,8,10H,4-7,13H2,(H,15,16). The molecule has 0 saturated carbocycles. The monoisotopic (exact) mass is 220 g/mol. The lowest BCUT2D eigenvalue weighted by Gasteiger charge is -2.32. The maximum atomic E-state index is 10.8. The van der Waals surface area contributed by atoms with E-state index in [-0.39, 0.29) is 0 Å². The van der Waals surface area contributed by atoms with Crippen LogP contribution in [-0.4, -0.2) is 30.2 Å². The molecule has 0 radical (unpaired) electrons. The van der Waals surface area contributed by atoms with E-state index in [4.69, 9.17) is 10.8 Å². The Morgan fingerprint density at radius 1 is 1.38 bits per heavy atom. The molecule has 0 aromatic heterocycles. The summed E-state index contributed by atoms with van der Waals surface area (Å²) >= 11 is 0. The summed E-state index contributed by atoms with van der Waals surface area (Å²) in [5, 5.41) is 8.91. The molecule has 3 N–H and O–H groups in total. The highest BCUT2D eigenvalue weighted by Crippen LogP contribution is 2.20. The Bertz CT molecular complexity index is 384. The maximum absolute atomic E-state index is 10.8. The number of rotatable bonds is 2. The number of carboxylic acid groups (broad SMARTS) is 1. The minimum Gasteiger partial charge on any atom is -0.478 e. The lowest BCUT2D eigenvalue weighted by Crippen LogP contribution is -2.39. The molecule has 1 aromatic carbocycles. The number of piperidine rings is 1. The van der Waals surface area contributed by atoms with Crippen LogP contribution in [0.1, 0.15) is 23.2 Å². The summed E-state index contributed by atoms with van der Waals surface area (Å²) < 4.78 is 0. The zero-order valence-corrected chi connectivity index (χ0v) is 9.10. The lowest BCUT2D eigenvalue weighted by molar-refractivity contribution is 0.0697. The Kier molecular flexibility index (Phi) is 3.10. The summed E-state index contributed by atoms with van der Waals surface area (Å²) in [5.74, 6) is -0.879. The Morgan fingerprint density at radius 3 is 2.69 bits per heavy atom. The van der Waals surface area contributed by atoms with E-state index < -0.39 is 5.97 Å². The van der Waals surface area contributed by atoms with Crippen LogP contribution in [0.2, 0.25) is 0 Å². The molecule has 0 spiro atoms. The quantitative estimate of drug-likeness (QED) is 0.788. The largest absolute Gasteiger partial charge is 0.478 e. The molecule has 0 bridgehead atoms. The second kappa shape index (κ2) is 4.53. The van der Waals surface area contributed by atoms with Gasteiger partial charge in [0.05, 0.1) is 5.56 Å². The highest BCUT2D eigenvalue weighted by Gasteiger charge is 2.16. The van der Waals surface area contributed by atoms with Crippen LogP contribution in [0.15, 0.2) is 24.3 Å². The smallest absolute Gasteiger partial charge is 0.335 e. The first-order valence-electron chi connectivity index (χ1n) is 5.50. The van der Waals surface area contributed by atoms with Crippen LogP contribution in [0.5, 0.6) is 0 Å². The molecule has 16 heavy (non-hydrogen) atoms. The zero-order chi connectivity index (χ0) is 11.5. The van der Waals surface area contributed by atoms with Crippen molar-refractivity contribution >= 4 is 11.7 Å². The molecule has 0 atom stereocenters. The molecule has 1 fully saturated rings. The number of aromatic carboxylic acids is 1. The van der Waals surface area contributed by atoms with Gasteiger partial charge in [-0.25, -0.2) is 4.79 Å². The van der Waals surface area contributed by atoms with E-state index in [0.29, 0.717) is 11.6 Å². The number of anilines is 1. The molecule has 0 aliphatic carbocycles. The fourth-order valence-corrected chi connectivity index (χ4v) is 1.99. The minimum atomic E-state index is -0.879. The highest BCUT2D eigenvalue weighted by atomic mass is 16.4. The Morgan fingerprint density at radius 2 is 2.06 bits per heavy atom. The molecular formula is C12H16N2O2. The van der Waals surface area contributed by atoms with Gasteiger partial charge >= 0.3 is 5.97 Å². The average Bonchev–Trinajstić information content (AvgIpc) is 2.30. The van der Waals surface area contributed by atoms with E-state index in [0.717, 1.165) is 31.6 Å². The molecule has 0 amide bonds. The zero-order valence-electron chi connectivity index (χ0n) is 9.10. The van der Waals surface area contributed by atoms with Crippen LogP contribution in [-0.2, 0) is 0 Å². The summed E-state index contributed by atoms with van der Waals surface area (Å²) in [7, 11) is 0. The van der Waals surface area contributed by atoms with Gasteiger partial charge < -0.3 is 15.7 Å². The fraction of sp³-hybridized carbons (Fsp3) is 0.417. The second-order valence-corrected chi connectivity index (χ2v) is 4.18. The van der Waals surface area contributed by atoms with E-state index in [2.05, 4.69) is 4.90 Å². The van der Waals surface area contributed by atoms with Gasteiger partial charge in [0.15, 0.2) is 0 Å². The number of hydrogen-bond acceptors (Lipinski definition) is 3. The predicted molar refractivity (Wildman–Crippen MR) is 62.8 cm³/mol. The van der Waals surface area contributed by atoms with Crippen LogP contribution >= 0.6 is 0 Å². The van der Waals surface area contributed by atoms with Crippen molar-refractivity contribution < 1.29 is 9.90 Å². The maximum Gasteiger partial charge on any atom is 0.335 e. The fourth-order valence-electron chi connectivity index (χ4n) is 1.99. The van der Waals surface area contributed by atoms with Gasteiger partial charge in [0.25, 0.3) is 0 Å². The van der Waals surface area contributed by atoms with Crippen molar-refractivity contribution in [1.29, 1.82) is 0 Å². The second-order valence-electron chi connectivity index (χ2n) is 4.18. The molecule has 1 heterocycles. The van der Waals surface area contributed by atoms with Crippen molar-refractivity contribution in [2.75, 3.05) is 18.0 Å². The van der Waals surface area contributed by atoms with Gasteiger partial charge in [0.1, 0.15) is 0 Å². The van der Waals surface area contributed by atoms with E-state index in [9.17, 15) is 4.79 Å². The molecule has 1 saturated heterocycles. The Hall–Kier alpha value is -1.55. The van der Waals surface area contributed by atoms with E-state index >= 15 is 0 Å². The summed E-state index contributed by atoms with van der Waals surface area (Å²) in [4.78, 5) is 13.0. The van der Waals surface area contributed by atoms with E-state index in [1.165, 1.54) is 0 Å². The number of nitrogens with zero attached hydrogens (tertiary/aromatic N) is 1. The average molecular weight is 220 g/mol. The van der Waals surface area contributed by atoms with Gasteiger partial charge in [-0.3, -0.25) is 0 Å². The van der Waals surface area contributed by atoms with Gasteiger partial charge in [-0.05, 0) is 31.0 Å². The molecule has 1 aromatic rings. The summed E-state index contributed by atoms with van der Waals surface area (Å²) in [5.41, 5.74) is 7.15. The van der Waals surface area contributed by atoms with Gasteiger partial charge in [-0.2, -0.15) is 0 Å². The van der Waals surface area contributed by atoms with Gasteiger partial charge in [0.2, 0.25) is 0 Å². The summed E-state index contributed by atoms with van der Waals surface area (Å²) in [6.45, 7) is 1.81. The van der Waals surface area contributed by atoms with Crippen molar-refractivity contribution in [3.8, 4) is 0 Å². The van der Waals surface area contributed by atoms with E-state index in [1.807, 2.05) is 6.07 Å². The number of carboxylic acids is 1. The van der Waals surface area contributed by atoms with Gasteiger partial charge in [0, 0.05) is 24.8 Å². The van der Waals surface area contributed by atoms with Crippen molar-refractivity contribution in [3.63, 3.8) is 0 Å². The van der Waals surface area contributed by atoms with Crippen molar-refractivity contribution in [2.24, 2.45) is 5.73 Å². The van der Waals surface area contributed by atoms with Gasteiger partial charge in [-0.1, -0.05) is 6.07 Å². The third kappa shape index (κ3) is 2.33.